The van der Waals surface area contributed by atoms with E-state index in [9.17, 15) is 19.1 Å². The predicted octanol–water partition coefficient (Wildman–Crippen LogP) is 2.84. The van der Waals surface area contributed by atoms with Gasteiger partial charge in [0, 0.05) is 13.2 Å². The quantitative estimate of drug-likeness (QED) is 0.624. The first-order valence-corrected chi connectivity index (χ1v) is 8.59. The van der Waals surface area contributed by atoms with Gasteiger partial charge in [0.2, 0.25) is 0 Å². The van der Waals surface area contributed by atoms with Crippen molar-refractivity contribution >= 4 is 11.9 Å². The Balaban J connectivity index is 2.03. The molecule has 0 aliphatic heterocycles. The summed E-state index contributed by atoms with van der Waals surface area (Å²) in [6.07, 6.45) is 0. The Morgan fingerprint density at radius 2 is 1.81 bits per heavy atom. The van der Waals surface area contributed by atoms with E-state index in [0.29, 0.717) is 36.7 Å². The summed E-state index contributed by atoms with van der Waals surface area (Å²) < 4.78 is 23.8. The summed E-state index contributed by atoms with van der Waals surface area (Å²) in [7, 11) is 0. The summed E-state index contributed by atoms with van der Waals surface area (Å²) in [5.41, 5.74) is 0.711. The topological polar surface area (TPSA) is 84.9 Å². The molecular formula is C20H22FNO5. The van der Waals surface area contributed by atoms with Crippen LogP contribution in [0.25, 0.3) is 0 Å². The van der Waals surface area contributed by atoms with Crippen molar-refractivity contribution in [1.29, 1.82) is 0 Å². The molecule has 0 bridgehead atoms. The molecule has 1 atom stereocenters. The van der Waals surface area contributed by atoms with E-state index in [1.807, 2.05) is 6.92 Å². The number of hydrogen-bond donors (Lipinski definition) is 2. The zero-order valence-corrected chi connectivity index (χ0v) is 15.0. The van der Waals surface area contributed by atoms with E-state index >= 15 is 0 Å². The summed E-state index contributed by atoms with van der Waals surface area (Å²) in [5.74, 6) is -2.60. The molecule has 0 aliphatic rings. The van der Waals surface area contributed by atoms with Crippen molar-refractivity contribution in [1.82, 2.24) is 5.32 Å². The zero-order valence-electron chi connectivity index (χ0n) is 15.0. The second-order valence-electron chi connectivity index (χ2n) is 5.69. The highest BCUT2D eigenvalue weighted by atomic mass is 19.1. The van der Waals surface area contributed by atoms with Crippen LogP contribution in [0.15, 0.2) is 48.5 Å². The van der Waals surface area contributed by atoms with Gasteiger partial charge in [-0.15, -0.1) is 0 Å². The Hall–Kier alpha value is -2.93. The fourth-order valence-corrected chi connectivity index (χ4v) is 2.47. The van der Waals surface area contributed by atoms with Crippen LogP contribution in [0.1, 0.15) is 28.8 Å². The van der Waals surface area contributed by atoms with Gasteiger partial charge in [-0.05, 0) is 36.8 Å². The predicted molar refractivity (Wildman–Crippen MR) is 97.5 cm³/mol. The number of carboxylic acid groups (broad SMARTS) is 1. The van der Waals surface area contributed by atoms with Crippen molar-refractivity contribution in [3.8, 4) is 5.75 Å². The molecule has 0 heterocycles. The maximum atomic E-state index is 13.0. The molecular weight excluding hydrogens is 353 g/mol. The van der Waals surface area contributed by atoms with Crippen molar-refractivity contribution in [3.63, 3.8) is 0 Å². The van der Waals surface area contributed by atoms with Crippen LogP contribution in [0.4, 0.5) is 4.39 Å². The average Bonchev–Trinajstić information content (AvgIpc) is 2.66. The van der Waals surface area contributed by atoms with E-state index in [0.717, 1.165) is 0 Å². The third kappa shape index (κ3) is 6.07. The normalized spacial score (nSPS) is 11.6. The Labute approximate surface area is 156 Å². The van der Waals surface area contributed by atoms with Gasteiger partial charge < -0.3 is 19.9 Å². The molecule has 1 unspecified atom stereocenters. The van der Waals surface area contributed by atoms with Crippen LogP contribution in [-0.2, 0) is 9.53 Å². The number of hydrogen-bond acceptors (Lipinski definition) is 4. The summed E-state index contributed by atoms with van der Waals surface area (Å²) in [5, 5.41) is 12.0. The van der Waals surface area contributed by atoms with E-state index in [1.165, 1.54) is 24.3 Å². The monoisotopic (exact) mass is 375 g/mol. The molecule has 1 amide bonds. The third-order valence-electron chi connectivity index (χ3n) is 3.86. The number of rotatable bonds is 10. The summed E-state index contributed by atoms with van der Waals surface area (Å²) in [4.78, 5) is 24.0. The SMILES string of the molecule is CCOCCOc1ccccc1C(=O)NCC(C(=O)O)c1ccc(F)cc1. The highest BCUT2D eigenvalue weighted by molar-refractivity contribution is 5.97. The minimum absolute atomic E-state index is 0.132. The Bertz CT molecular complexity index is 763. The minimum Gasteiger partial charge on any atom is -0.490 e. The summed E-state index contributed by atoms with van der Waals surface area (Å²) in [6, 6.07) is 11.9. The molecule has 2 rings (SSSR count). The number of para-hydroxylation sites is 1. The maximum absolute atomic E-state index is 13.0. The van der Waals surface area contributed by atoms with Gasteiger partial charge in [0.15, 0.2) is 0 Å². The summed E-state index contributed by atoms with van der Waals surface area (Å²) in [6.45, 7) is 3.02. The largest absolute Gasteiger partial charge is 0.490 e. The standard InChI is InChI=1S/C20H22FNO5/c1-2-26-11-12-27-18-6-4-3-5-16(18)19(23)22-13-17(20(24)25)14-7-9-15(21)10-8-14/h3-10,17H,2,11-13H2,1H3,(H,22,23)(H,24,25). The van der Waals surface area contributed by atoms with Crippen LogP contribution < -0.4 is 10.1 Å². The molecule has 0 aliphatic carbocycles. The molecule has 144 valence electrons. The summed E-state index contributed by atoms with van der Waals surface area (Å²) >= 11 is 0. The smallest absolute Gasteiger partial charge is 0.312 e. The van der Waals surface area contributed by atoms with Crippen LogP contribution in [0.2, 0.25) is 0 Å². The van der Waals surface area contributed by atoms with Crippen LogP contribution in [0, 0.1) is 5.82 Å². The molecule has 0 saturated heterocycles. The Morgan fingerprint density at radius 1 is 1.11 bits per heavy atom. The van der Waals surface area contributed by atoms with Crippen LogP contribution in [0.3, 0.4) is 0 Å². The molecule has 0 fully saturated rings. The second kappa shape index (κ2) is 10.3. The molecule has 2 N–H and O–H groups in total. The zero-order chi connectivity index (χ0) is 19.6. The van der Waals surface area contributed by atoms with Crippen molar-refractivity contribution in [2.24, 2.45) is 0 Å². The third-order valence-corrected chi connectivity index (χ3v) is 3.86. The van der Waals surface area contributed by atoms with Gasteiger partial charge in [0.05, 0.1) is 18.1 Å². The van der Waals surface area contributed by atoms with Gasteiger partial charge in [-0.3, -0.25) is 9.59 Å². The van der Waals surface area contributed by atoms with Crippen molar-refractivity contribution in [2.45, 2.75) is 12.8 Å². The first-order valence-electron chi connectivity index (χ1n) is 8.59. The fourth-order valence-electron chi connectivity index (χ4n) is 2.47. The van der Waals surface area contributed by atoms with E-state index in [-0.39, 0.29) is 6.54 Å². The number of amides is 1. The molecule has 0 radical (unpaired) electrons. The number of nitrogens with one attached hydrogen (secondary N) is 1. The number of benzene rings is 2. The minimum atomic E-state index is -1.11. The molecule has 2 aromatic rings. The second-order valence-corrected chi connectivity index (χ2v) is 5.69. The highest BCUT2D eigenvalue weighted by Gasteiger charge is 2.22. The number of halogens is 1. The lowest BCUT2D eigenvalue weighted by Crippen LogP contribution is -2.32. The van der Waals surface area contributed by atoms with Crippen molar-refractivity contribution in [3.05, 3.63) is 65.5 Å². The number of carboxylic acids is 1. The van der Waals surface area contributed by atoms with Gasteiger partial charge in [-0.25, -0.2) is 4.39 Å². The average molecular weight is 375 g/mol. The van der Waals surface area contributed by atoms with Gasteiger partial charge in [-0.1, -0.05) is 24.3 Å². The number of ether oxygens (including phenoxy) is 2. The molecule has 27 heavy (non-hydrogen) atoms. The van der Waals surface area contributed by atoms with Crippen LogP contribution in [-0.4, -0.2) is 43.3 Å². The molecule has 6 nitrogen and oxygen atoms in total. The van der Waals surface area contributed by atoms with E-state index in [4.69, 9.17) is 9.47 Å². The lowest BCUT2D eigenvalue weighted by molar-refractivity contribution is -0.138. The lowest BCUT2D eigenvalue weighted by Gasteiger charge is -2.15. The molecule has 0 saturated carbocycles. The van der Waals surface area contributed by atoms with Gasteiger partial charge >= 0.3 is 5.97 Å². The first-order chi connectivity index (χ1) is 13.0. The van der Waals surface area contributed by atoms with E-state index in [1.54, 1.807) is 24.3 Å². The van der Waals surface area contributed by atoms with Gasteiger partial charge in [0.25, 0.3) is 5.91 Å². The number of carbonyl (C=O) groups is 2. The Kier molecular flexibility index (Phi) is 7.76. The fraction of sp³-hybridized carbons (Fsp3) is 0.300. The van der Waals surface area contributed by atoms with E-state index in [2.05, 4.69) is 5.32 Å². The molecule has 2 aromatic carbocycles. The molecule has 7 heteroatoms. The van der Waals surface area contributed by atoms with Crippen molar-refractivity contribution < 1.29 is 28.6 Å². The first kappa shape index (κ1) is 20.4. The molecule has 0 aromatic heterocycles. The van der Waals surface area contributed by atoms with Gasteiger partial charge in [0.1, 0.15) is 18.2 Å². The lowest BCUT2D eigenvalue weighted by atomic mass is 9.99. The molecule has 0 spiro atoms. The Morgan fingerprint density at radius 3 is 2.48 bits per heavy atom. The van der Waals surface area contributed by atoms with Crippen LogP contribution >= 0.6 is 0 Å². The van der Waals surface area contributed by atoms with Crippen molar-refractivity contribution in [2.75, 3.05) is 26.4 Å². The maximum Gasteiger partial charge on any atom is 0.312 e. The van der Waals surface area contributed by atoms with Crippen LogP contribution in [0.5, 0.6) is 5.75 Å². The van der Waals surface area contributed by atoms with Gasteiger partial charge in [-0.2, -0.15) is 0 Å². The number of carbonyl (C=O) groups excluding carboxylic acids is 1. The van der Waals surface area contributed by atoms with E-state index < -0.39 is 23.6 Å². The highest BCUT2D eigenvalue weighted by Crippen LogP contribution is 2.19. The number of aliphatic carboxylic acids is 1.